The van der Waals surface area contributed by atoms with Crippen molar-refractivity contribution < 1.29 is 31.7 Å². The molecule has 0 bridgehead atoms. The van der Waals surface area contributed by atoms with Gasteiger partial charge >= 0.3 is 185 Å². The predicted molar refractivity (Wildman–Crippen MR) is 112 cm³/mol. The molecular formula is C24H44O4Ta. The van der Waals surface area contributed by atoms with Gasteiger partial charge in [0.2, 0.25) is 0 Å². The average molecular weight is 578 g/mol. The summed E-state index contributed by atoms with van der Waals surface area (Å²) in [6.45, 7) is 0. The second-order valence-electron chi connectivity index (χ2n) is 9.91. The standard InChI is InChI=1S/4C6H11O.Ta/c4*7-6-4-2-1-3-5-6;/h4*6H,1-5H2;/q4*-1;+4. The maximum absolute atomic E-state index is 6.94. The van der Waals surface area contributed by atoms with Crippen LogP contribution in [-0.2, 0) is 31.7 Å². The van der Waals surface area contributed by atoms with Crippen molar-refractivity contribution in [1.82, 2.24) is 0 Å². The summed E-state index contributed by atoms with van der Waals surface area (Å²) in [5.74, 6) is 0. The second-order valence-corrected chi connectivity index (χ2v) is 16.2. The summed E-state index contributed by atoms with van der Waals surface area (Å²) >= 11 is -4.18. The predicted octanol–water partition coefficient (Wildman–Crippen LogP) is 7.20. The fraction of sp³-hybridized carbons (Fsp3) is 1.00. The molecule has 0 spiro atoms. The van der Waals surface area contributed by atoms with Crippen molar-refractivity contribution in [3.05, 3.63) is 0 Å². The summed E-state index contributed by atoms with van der Waals surface area (Å²) < 4.78 is 27.7. The first-order chi connectivity index (χ1) is 14.3. The van der Waals surface area contributed by atoms with Crippen LogP contribution < -0.4 is 0 Å². The van der Waals surface area contributed by atoms with Gasteiger partial charge in [-0.25, -0.2) is 0 Å². The Morgan fingerprint density at radius 2 is 0.517 bits per heavy atom. The summed E-state index contributed by atoms with van der Waals surface area (Å²) in [7, 11) is 0. The van der Waals surface area contributed by atoms with Crippen LogP contribution in [0.3, 0.4) is 0 Å². The van der Waals surface area contributed by atoms with Crippen LogP contribution in [0, 0.1) is 0 Å². The summed E-state index contributed by atoms with van der Waals surface area (Å²) in [6, 6.07) is 0. The van der Waals surface area contributed by atoms with Gasteiger partial charge in [-0.2, -0.15) is 0 Å². The zero-order valence-electron chi connectivity index (χ0n) is 18.5. The van der Waals surface area contributed by atoms with Crippen LogP contribution >= 0.6 is 0 Å². The number of rotatable bonds is 8. The molecule has 0 aromatic rings. The molecule has 4 fully saturated rings. The molecule has 0 radical (unpaired) electrons. The molecule has 4 rings (SSSR count). The Balaban J connectivity index is 1.51. The minimum absolute atomic E-state index is 0.304. The Hall–Kier alpha value is 0.580. The van der Waals surface area contributed by atoms with Gasteiger partial charge in [-0.1, -0.05) is 0 Å². The first-order valence-electron chi connectivity index (χ1n) is 12.9. The van der Waals surface area contributed by atoms with Gasteiger partial charge in [0.1, 0.15) is 0 Å². The van der Waals surface area contributed by atoms with Gasteiger partial charge in [0, 0.05) is 0 Å². The van der Waals surface area contributed by atoms with Gasteiger partial charge in [-0.05, 0) is 0 Å². The molecule has 169 valence electrons. The summed E-state index contributed by atoms with van der Waals surface area (Å²) in [6.07, 6.45) is 26.2. The van der Waals surface area contributed by atoms with Gasteiger partial charge in [-0.15, -0.1) is 0 Å². The maximum atomic E-state index is 6.94. The van der Waals surface area contributed by atoms with Crippen LogP contribution in [0.1, 0.15) is 128 Å². The first kappa shape index (κ1) is 22.8. The summed E-state index contributed by atoms with van der Waals surface area (Å²) in [5, 5.41) is 0. The van der Waals surface area contributed by atoms with Gasteiger partial charge < -0.3 is 0 Å². The Morgan fingerprint density at radius 1 is 0.310 bits per heavy atom. The van der Waals surface area contributed by atoms with Crippen LogP contribution in [0.2, 0.25) is 0 Å². The van der Waals surface area contributed by atoms with Crippen LogP contribution in [0.25, 0.3) is 0 Å². The van der Waals surface area contributed by atoms with Crippen LogP contribution in [-0.4, -0.2) is 24.4 Å². The molecule has 0 aliphatic heterocycles. The van der Waals surface area contributed by atoms with E-state index in [1.165, 1.54) is 77.0 Å². The van der Waals surface area contributed by atoms with Crippen molar-refractivity contribution in [2.75, 3.05) is 0 Å². The summed E-state index contributed by atoms with van der Waals surface area (Å²) in [5.41, 5.74) is 0. The molecule has 0 atom stereocenters. The van der Waals surface area contributed by atoms with E-state index in [1.54, 1.807) is 0 Å². The van der Waals surface area contributed by atoms with Gasteiger partial charge in [0.25, 0.3) is 0 Å². The van der Waals surface area contributed by atoms with E-state index in [0.717, 1.165) is 51.4 Å². The molecule has 5 heteroatoms. The third-order valence-electron chi connectivity index (χ3n) is 7.32. The molecule has 0 heterocycles. The van der Waals surface area contributed by atoms with Crippen molar-refractivity contribution in [3.8, 4) is 0 Å². The molecule has 4 nitrogen and oxygen atoms in total. The van der Waals surface area contributed by atoms with E-state index in [1.807, 2.05) is 0 Å². The topological polar surface area (TPSA) is 36.9 Å². The van der Waals surface area contributed by atoms with E-state index in [0.29, 0.717) is 24.4 Å². The fourth-order valence-corrected chi connectivity index (χ4v) is 14.9. The van der Waals surface area contributed by atoms with Crippen molar-refractivity contribution in [2.45, 2.75) is 153 Å². The van der Waals surface area contributed by atoms with Crippen molar-refractivity contribution >= 4 is 0 Å². The Bertz CT molecular complexity index is 364. The molecule has 4 saturated carbocycles. The first-order valence-corrected chi connectivity index (χ1v) is 18.2. The molecule has 4 aliphatic carbocycles. The monoisotopic (exact) mass is 577 g/mol. The van der Waals surface area contributed by atoms with Crippen LogP contribution in [0.15, 0.2) is 0 Å². The Labute approximate surface area is 184 Å². The zero-order chi connectivity index (χ0) is 19.8. The molecule has 0 aromatic heterocycles. The van der Waals surface area contributed by atoms with E-state index >= 15 is 0 Å². The molecule has 0 saturated heterocycles. The van der Waals surface area contributed by atoms with E-state index in [-0.39, 0.29) is 0 Å². The van der Waals surface area contributed by atoms with Crippen molar-refractivity contribution in [3.63, 3.8) is 0 Å². The normalized spacial score (nSPS) is 27.3. The Kier molecular flexibility index (Phi) is 9.41. The molecule has 0 N–H and O–H groups in total. The average Bonchev–Trinajstić information content (AvgIpc) is 2.76. The third kappa shape index (κ3) is 7.30. The third-order valence-corrected chi connectivity index (χ3v) is 15.3. The second kappa shape index (κ2) is 12.0. The van der Waals surface area contributed by atoms with Gasteiger partial charge in [-0.3, -0.25) is 0 Å². The zero-order valence-corrected chi connectivity index (χ0v) is 21.7. The Morgan fingerprint density at radius 3 is 0.724 bits per heavy atom. The van der Waals surface area contributed by atoms with Gasteiger partial charge in [0.05, 0.1) is 0 Å². The molecule has 0 unspecified atom stereocenters. The van der Waals surface area contributed by atoms with E-state index < -0.39 is 18.7 Å². The van der Waals surface area contributed by atoms with Crippen LogP contribution in [0.4, 0.5) is 0 Å². The molecule has 0 amide bonds. The van der Waals surface area contributed by atoms with E-state index in [4.69, 9.17) is 13.0 Å². The number of hydrogen-bond acceptors (Lipinski definition) is 4. The minimum atomic E-state index is -4.18. The SMILES string of the molecule is C1CCC([O][Ta]([O]C2CCCCC2)([O]C2CCCCC2)[O]C2CCCCC2)CC1. The molecule has 29 heavy (non-hydrogen) atoms. The van der Waals surface area contributed by atoms with Gasteiger partial charge in [0.15, 0.2) is 0 Å². The van der Waals surface area contributed by atoms with E-state index in [9.17, 15) is 0 Å². The fourth-order valence-electron chi connectivity index (χ4n) is 5.56. The molecular weight excluding hydrogens is 533 g/mol. The summed E-state index contributed by atoms with van der Waals surface area (Å²) in [4.78, 5) is 0. The van der Waals surface area contributed by atoms with E-state index in [2.05, 4.69) is 0 Å². The molecule has 0 aromatic carbocycles. The van der Waals surface area contributed by atoms with Crippen molar-refractivity contribution in [1.29, 1.82) is 0 Å². The van der Waals surface area contributed by atoms with Crippen molar-refractivity contribution in [2.24, 2.45) is 0 Å². The number of hydrogen-bond donors (Lipinski definition) is 0. The van der Waals surface area contributed by atoms with Crippen LogP contribution in [0.5, 0.6) is 0 Å². The quantitative estimate of drug-likeness (QED) is 0.306. The molecule has 4 aliphatic rings.